The lowest BCUT2D eigenvalue weighted by molar-refractivity contribution is -0.377. The Balaban J connectivity index is 0.000000363. The van der Waals surface area contributed by atoms with Crippen LogP contribution in [0.4, 0.5) is 0 Å². The number of hydrogen-bond acceptors (Lipinski definition) is 6. The van der Waals surface area contributed by atoms with Crippen LogP contribution in [0.25, 0.3) is 0 Å². The number of H-pyrrole nitrogens is 1. The van der Waals surface area contributed by atoms with Gasteiger partial charge in [0.05, 0.1) is 15.0 Å². The molecular weight excluding hydrogens is 366 g/mol. The van der Waals surface area contributed by atoms with Crippen molar-refractivity contribution in [1.29, 1.82) is 0 Å². The number of pyridine rings is 1. The van der Waals surface area contributed by atoms with Crippen molar-refractivity contribution in [2.45, 2.75) is 31.6 Å². The second kappa shape index (κ2) is 11.7. The highest BCUT2D eigenvalue weighted by atomic mass is 32.2. The molecule has 9 heteroatoms. The Morgan fingerprint density at radius 1 is 0.920 bits per heavy atom. The van der Waals surface area contributed by atoms with Crippen molar-refractivity contribution >= 4 is 20.2 Å². The maximum atomic E-state index is 10.4. The van der Waals surface area contributed by atoms with Crippen LogP contribution in [-0.4, -0.2) is 31.7 Å². The number of benzene rings is 1. The first kappa shape index (κ1) is 23.2. The van der Waals surface area contributed by atoms with Crippen LogP contribution in [0.15, 0.2) is 59.8 Å². The van der Waals surface area contributed by atoms with Gasteiger partial charge in [-0.15, -0.1) is 0 Å². The summed E-state index contributed by atoms with van der Waals surface area (Å²) < 4.78 is 60.7. The number of rotatable bonds is 4. The summed E-state index contributed by atoms with van der Waals surface area (Å²) in [4.78, 5) is 2.71. The lowest BCUT2D eigenvalue weighted by atomic mass is 10.2. The van der Waals surface area contributed by atoms with E-state index in [-0.39, 0.29) is 10.6 Å². The minimum absolute atomic E-state index is 0.178. The molecular formula is C16H22NO6S2-. The van der Waals surface area contributed by atoms with Crippen molar-refractivity contribution in [3.63, 3.8) is 0 Å². The van der Waals surface area contributed by atoms with Crippen molar-refractivity contribution < 1.29 is 30.9 Å². The van der Waals surface area contributed by atoms with Crippen molar-refractivity contribution in [2.75, 3.05) is 5.75 Å². The van der Waals surface area contributed by atoms with Crippen molar-refractivity contribution in [3.8, 4) is 0 Å². The smallest absolute Gasteiger partial charge is 0.166 e. The fourth-order valence-electron chi connectivity index (χ4n) is 1.37. The molecule has 2 rings (SSSR count). The molecule has 0 aliphatic carbocycles. The Bertz CT molecular complexity index is 762. The average Bonchev–Trinajstić information content (AvgIpc) is 2.55. The first-order valence-corrected chi connectivity index (χ1v) is 10.4. The van der Waals surface area contributed by atoms with Gasteiger partial charge in [0.1, 0.15) is 10.1 Å². The first-order valence-electron chi connectivity index (χ1n) is 7.43. The van der Waals surface area contributed by atoms with Crippen molar-refractivity contribution in [3.05, 3.63) is 60.4 Å². The quantitative estimate of drug-likeness (QED) is 0.734. The van der Waals surface area contributed by atoms with Crippen molar-refractivity contribution in [1.82, 2.24) is 0 Å². The van der Waals surface area contributed by atoms with E-state index in [4.69, 9.17) is 0 Å². The van der Waals surface area contributed by atoms with E-state index in [1.807, 2.05) is 44.4 Å². The monoisotopic (exact) mass is 388 g/mol. The molecule has 0 saturated carbocycles. The van der Waals surface area contributed by atoms with E-state index in [0.717, 1.165) is 12.0 Å². The van der Waals surface area contributed by atoms with Crippen LogP contribution in [0.5, 0.6) is 0 Å². The van der Waals surface area contributed by atoms with Crippen LogP contribution in [0.2, 0.25) is 0 Å². The van der Waals surface area contributed by atoms with E-state index in [1.165, 1.54) is 12.1 Å². The van der Waals surface area contributed by atoms with E-state index >= 15 is 0 Å². The Hall–Kier alpha value is -1.81. The summed E-state index contributed by atoms with van der Waals surface area (Å²) in [7, 11) is -8.21. The van der Waals surface area contributed by atoms with Gasteiger partial charge in [-0.1, -0.05) is 37.1 Å². The highest BCUT2D eigenvalue weighted by molar-refractivity contribution is 7.86. The average molecular weight is 388 g/mol. The molecule has 0 spiro atoms. The molecule has 0 fully saturated rings. The summed E-state index contributed by atoms with van der Waals surface area (Å²) in [6.45, 7) is 3.66. The second-order valence-electron chi connectivity index (χ2n) is 4.96. The lowest BCUT2D eigenvalue weighted by Crippen LogP contribution is -2.02. The molecule has 0 atom stereocenters. The summed E-state index contributed by atoms with van der Waals surface area (Å²) in [6.07, 6.45) is 4.98. The van der Waals surface area contributed by atoms with E-state index in [0.29, 0.717) is 6.42 Å². The topological polar surface area (TPSA) is 129 Å². The predicted molar refractivity (Wildman–Crippen MR) is 91.6 cm³/mol. The Morgan fingerprint density at radius 3 is 1.68 bits per heavy atom. The van der Waals surface area contributed by atoms with E-state index in [1.54, 1.807) is 12.1 Å². The van der Waals surface area contributed by atoms with Crippen LogP contribution in [0, 0.1) is 6.92 Å². The van der Waals surface area contributed by atoms with E-state index in [9.17, 15) is 25.9 Å². The number of nitrogens with one attached hydrogen (secondary N) is 1. The molecule has 0 unspecified atom stereocenters. The standard InChI is InChI=1S/C7H8O3S.C5H5N.C4H10O3S/c1-6-2-4-7(5-3-6)11(8,9)10;1-2-4-6-5-3-1;1-2-3-4-8(5,6)7/h2-5H,1H3,(H,8,9,10);1-5H;2-4H2,1H3,(H,5,6,7)/p-1. The van der Waals surface area contributed by atoms with Crippen LogP contribution in [-0.2, 0) is 20.2 Å². The summed E-state index contributed by atoms with van der Waals surface area (Å²) in [6, 6.07) is 11.6. The fourth-order valence-corrected chi connectivity index (χ4v) is 2.48. The van der Waals surface area contributed by atoms with Gasteiger partial charge in [0, 0.05) is 17.9 Å². The number of aromatic nitrogens is 1. The molecule has 1 aromatic carbocycles. The van der Waals surface area contributed by atoms with Crippen molar-refractivity contribution in [2.24, 2.45) is 0 Å². The molecule has 0 bridgehead atoms. The van der Waals surface area contributed by atoms with Crippen LogP contribution in [0.3, 0.4) is 0 Å². The fraction of sp³-hybridized carbons (Fsp3) is 0.312. The van der Waals surface area contributed by atoms with Crippen LogP contribution in [0.1, 0.15) is 25.3 Å². The van der Waals surface area contributed by atoms with E-state index in [2.05, 4.69) is 4.98 Å². The second-order valence-corrected chi connectivity index (χ2v) is 7.86. The number of hydrogen-bond donors (Lipinski definition) is 0. The van der Waals surface area contributed by atoms with Crippen LogP contribution < -0.4 is 4.98 Å². The molecule has 1 N–H and O–H groups in total. The van der Waals surface area contributed by atoms with Gasteiger partial charge in [0.2, 0.25) is 0 Å². The first-order chi connectivity index (χ1) is 11.6. The predicted octanol–water partition coefficient (Wildman–Crippen LogP) is 1.73. The molecule has 0 aliphatic rings. The zero-order valence-electron chi connectivity index (χ0n) is 14.1. The maximum Gasteiger partial charge on any atom is 0.166 e. The third-order valence-corrected chi connectivity index (χ3v) is 4.30. The third-order valence-electron chi connectivity index (χ3n) is 2.66. The summed E-state index contributed by atoms with van der Waals surface area (Å²) in [5, 5.41) is 0. The largest absolute Gasteiger partial charge is 0.748 e. The number of unbranched alkanes of at least 4 members (excludes halogenated alkanes) is 1. The molecule has 140 valence electrons. The van der Waals surface area contributed by atoms with Gasteiger partial charge in [0.25, 0.3) is 0 Å². The number of aryl methyl sites for hydroxylation is 1. The molecule has 2 aromatic rings. The lowest BCUT2D eigenvalue weighted by Gasteiger charge is -2.05. The molecule has 0 aliphatic heterocycles. The van der Waals surface area contributed by atoms with Gasteiger partial charge in [-0.05, 0) is 25.5 Å². The van der Waals surface area contributed by atoms with Gasteiger partial charge in [-0.3, -0.25) is 0 Å². The summed E-state index contributed by atoms with van der Waals surface area (Å²) in [5.41, 5.74) is 0.928. The van der Waals surface area contributed by atoms with E-state index < -0.39 is 20.2 Å². The zero-order chi connectivity index (χ0) is 19.3. The molecule has 0 amide bonds. The van der Waals surface area contributed by atoms with Gasteiger partial charge >= 0.3 is 0 Å². The molecule has 25 heavy (non-hydrogen) atoms. The SMILES string of the molecule is CCCCS(=O)(=O)[O-].Cc1ccc(S(=O)(=O)[O-])cc1.c1cc[nH+]cc1. The Kier molecular flexibility index (Phi) is 10.8. The Labute approximate surface area is 149 Å². The summed E-state index contributed by atoms with van der Waals surface area (Å²) >= 11 is 0. The van der Waals surface area contributed by atoms with Gasteiger partial charge in [0.15, 0.2) is 12.4 Å². The molecule has 0 radical (unpaired) electrons. The minimum Gasteiger partial charge on any atom is -0.748 e. The minimum atomic E-state index is -4.27. The Morgan fingerprint density at radius 2 is 1.44 bits per heavy atom. The van der Waals surface area contributed by atoms with Crippen LogP contribution >= 0.6 is 0 Å². The highest BCUT2D eigenvalue weighted by Crippen LogP contribution is 2.08. The molecule has 7 nitrogen and oxygen atoms in total. The molecule has 1 heterocycles. The van der Waals surface area contributed by atoms with Gasteiger partial charge in [-0.25, -0.2) is 21.8 Å². The summed E-state index contributed by atoms with van der Waals surface area (Å²) in [5.74, 6) is -0.219. The normalized spacial score (nSPS) is 10.7. The zero-order valence-corrected chi connectivity index (χ0v) is 15.7. The van der Waals surface area contributed by atoms with Gasteiger partial charge in [-0.2, -0.15) is 0 Å². The molecule has 0 saturated heterocycles. The molecule has 1 aromatic heterocycles. The maximum absolute atomic E-state index is 10.4. The third kappa shape index (κ3) is 14.3. The van der Waals surface area contributed by atoms with Gasteiger partial charge < -0.3 is 9.11 Å². The number of aromatic amines is 1. The highest BCUT2D eigenvalue weighted by Gasteiger charge is 1.97.